The Bertz CT molecular complexity index is 3970. The van der Waals surface area contributed by atoms with E-state index in [4.69, 9.17) is 148 Å². The van der Waals surface area contributed by atoms with E-state index < -0.39 is 97.8 Å². The Morgan fingerprint density at radius 2 is 0.872 bits per heavy atom. The number of rotatable bonds is 10. The molecule has 8 N–H and O–H groups in total. The van der Waals surface area contributed by atoms with E-state index in [1.54, 1.807) is 40.7 Å². The number of aromatic amines is 1. The van der Waals surface area contributed by atoms with Gasteiger partial charge < -0.3 is 150 Å². The van der Waals surface area contributed by atoms with E-state index in [1.165, 1.54) is 12.7 Å². The fraction of sp³-hybridized carbons (Fsp3) is 0.770. The standard InChI is InChI=1S/C16H21N3O3.C9H15ClO3.C9H16O5.C9H14O4.C9H16O4.C8H14O5.C7H7N3.C7H8.C6H15ClSi.C6H12O5.CH4/c1-5-11-12-13(22-16(3,4)21-12)15(20-11)19-7-6-10-9(2)17-8-18-14(10)19;1-4-5-6-7(8(10)11-5)13-9(2,3)12-6;1-9(2)13-6-5(4-10)12-8(11-3)7(6)14-9;1-5-6-7(8(10-4)11-5)13-9(2,3)12-6;1-4-5-6-7(8(10)11-5)13-9(2,3)12-6;1-8(2)12-5-4(3-9)11-7(10)6(5)13-8;1-5-6-2-3-8-7(6)10-4-9-5;1-7-5-3-2-4-6-7;1-6(2,3)8(4,5)7;1-10-6-5(9)4(8)3(2-7)11-6;/h6-8,11-13,15H,5H2,1-4H3;5-8H,4H2,1-3H3;5-8,10H,4H2,1-3H3;6-8H,1H2,2-4H3;5-8,10H,4H2,1-3H3;4-7,9-10H,3H2,1-2H3;2-4H,1H3,(H,8,9,10);2-6H,1H3;1-5H3;3-9H,2H2,1H3;1H4/t11-,12+,13+,15+;5-,6+,7+,8-;5-,6+,7+,8?;6-,7-,8?;5-,6+,7+,8?;4-,5+,6+,7?;;;;3-,4+,5+,6?;/m000100...0./s1. The Kier molecular flexibility index (Phi) is 37.3. The number of hydrogen-bond donors (Lipinski definition) is 8. The van der Waals surface area contributed by atoms with E-state index >= 15 is 0 Å². The molecular formula is C87H142Cl2N6O29Si. The fourth-order valence-corrected chi connectivity index (χ4v) is 15.9. The Morgan fingerprint density at radius 3 is 1.34 bits per heavy atom. The Balaban J connectivity index is 0.000000174. The maximum atomic E-state index is 9.51. The number of hydrogen-bond acceptors (Lipinski definition) is 33. The largest absolute Gasteiger partial charge is 0.464 e. The van der Waals surface area contributed by atoms with Crippen molar-refractivity contribution in [1.29, 1.82) is 0 Å². The number of aromatic nitrogens is 6. The maximum absolute atomic E-state index is 9.51. The van der Waals surface area contributed by atoms with Gasteiger partial charge in [0.25, 0.3) is 0 Å². The van der Waals surface area contributed by atoms with Crippen molar-refractivity contribution in [3.63, 3.8) is 0 Å². The van der Waals surface area contributed by atoms with E-state index in [0.29, 0.717) is 10.8 Å². The molecule has 13 aliphatic heterocycles. The van der Waals surface area contributed by atoms with E-state index in [-0.39, 0.29) is 137 Å². The molecule has 13 aliphatic rings. The molecule has 13 fully saturated rings. The lowest BCUT2D eigenvalue weighted by atomic mass is 10.1. The quantitative estimate of drug-likeness (QED) is 0.0366. The summed E-state index contributed by atoms with van der Waals surface area (Å²) < 4.78 is 123. The predicted molar refractivity (Wildman–Crippen MR) is 461 cm³/mol. The van der Waals surface area contributed by atoms with Gasteiger partial charge in [-0.05, 0) is 140 Å². The van der Waals surface area contributed by atoms with Crippen LogP contribution < -0.4 is 0 Å². The normalized spacial score (nSPS) is 36.5. The highest BCUT2D eigenvalue weighted by Gasteiger charge is 2.60. The van der Waals surface area contributed by atoms with Crippen LogP contribution in [0.4, 0.5) is 0 Å². The molecular weight excluding hydrogens is 1690 g/mol. The zero-order chi connectivity index (χ0) is 91.9. The lowest BCUT2D eigenvalue weighted by Gasteiger charge is -2.29. The number of aliphatic hydroxyl groups excluding tert-OH is 7. The third-order valence-electron chi connectivity index (χ3n) is 22.6. The van der Waals surface area contributed by atoms with Crippen LogP contribution in [0.25, 0.3) is 22.1 Å². The minimum atomic E-state index is -1.39. The van der Waals surface area contributed by atoms with Gasteiger partial charge in [-0.1, -0.05) is 116 Å². The highest BCUT2D eigenvalue weighted by molar-refractivity contribution is 7.20. The molecule has 4 aromatic heterocycles. The number of benzene rings is 1. The van der Waals surface area contributed by atoms with Crippen LogP contribution >= 0.6 is 22.7 Å². The second-order valence-electron chi connectivity index (χ2n) is 36.1. The van der Waals surface area contributed by atoms with Gasteiger partial charge in [0.15, 0.2) is 85.2 Å². The first-order valence-corrected chi connectivity index (χ1v) is 46.8. The summed E-state index contributed by atoms with van der Waals surface area (Å²) in [7, 11) is 3.11. The third-order valence-corrected chi connectivity index (χ3v) is 28.2. The molecule has 17 heterocycles. The van der Waals surface area contributed by atoms with Crippen LogP contribution in [0.2, 0.25) is 18.1 Å². The Morgan fingerprint density at radius 1 is 0.472 bits per heavy atom. The number of nitrogens with one attached hydrogen (secondary N) is 1. The monoisotopic (exact) mass is 1830 g/mol. The van der Waals surface area contributed by atoms with Gasteiger partial charge in [0.1, 0.15) is 127 Å². The van der Waals surface area contributed by atoms with Crippen LogP contribution in [0.1, 0.15) is 174 Å². The number of alkyl halides is 1. The van der Waals surface area contributed by atoms with Gasteiger partial charge in [-0.15, -0.1) is 0 Å². The molecule has 125 heavy (non-hydrogen) atoms. The zero-order valence-electron chi connectivity index (χ0n) is 76.5. The predicted octanol–water partition coefficient (Wildman–Crippen LogP) is 10.4. The molecule has 5 unspecified atom stereocenters. The molecule has 712 valence electrons. The molecule has 0 aliphatic carbocycles. The molecule has 35 nitrogen and oxygen atoms in total. The van der Waals surface area contributed by atoms with E-state index in [0.717, 1.165) is 52.7 Å². The molecule has 1 aromatic carbocycles. The first-order valence-electron chi connectivity index (χ1n) is 42.4. The highest BCUT2D eigenvalue weighted by Crippen LogP contribution is 2.48. The average molecular weight is 1840 g/mol. The minimum Gasteiger partial charge on any atom is -0.464 e. The molecule has 18 rings (SSSR count). The number of aryl methyl sites for hydroxylation is 3. The van der Waals surface area contributed by atoms with Crippen LogP contribution in [-0.4, -0.2) is 308 Å². The molecule has 27 atom stereocenters. The van der Waals surface area contributed by atoms with Crippen molar-refractivity contribution in [2.24, 2.45) is 0 Å². The molecule has 38 heteroatoms. The van der Waals surface area contributed by atoms with Gasteiger partial charge in [0.2, 0.25) is 6.29 Å². The number of fused-ring (bicyclic) bond motifs is 8. The molecule has 0 amide bonds. The van der Waals surface area contributed by atoms with Crippen molar-refractivity contribution < 1.29 is 140 Å². The smallest absolute Gasteiger partial charge is 0.228 e. The number of methoxy groups -OCH3 is 3. The van der Waals surface area contributed by atoms with E-state index in [1.807, 2.05) is 137 Å². The first kappa shape index (κ1) is 106. The van der Waals surface area contributed by atoms with Crippen molar-refractivity contribution in [1.82, 2.24) is 29.5 Å². The second kappa shape index (κ2) is 44.0. The zero-order valence-corrected chi connectivity index (χ0v) is 79.0. The number of nitrogens with zero attached hydrogens (tertiary/aromatic N) is 5. The number of aliphatic hydroxyl groups is 7. The Labute approximate surface area is 746 Å². The lowest BCUT2D eigenvalue weighted by molar-refractivity contribution is -0.230. The van der Waals surface area contributed by atoms with Crippen LogP contribution in [0.15, 0.2) is 79.9 Å². The van der Waals surface area contributed by atoms with Gasteiger partial charge >= 0.3 is 0 Å². The van der Waals surface area contributed by atoms with Crippen molar-refractivity contribution >= 4 is 52.1 Å². The molecule has 0 bridgehead atoms. The first-order chi connectivity index (χ1) is 57.9. The topological polar surface area (TPSA) is 417 Å². The Hall–Kier alpha value is -4.32. The van der Waals surface area contributed by atoms with Gasteiger partial charge in [0, 0.05) is 44.5 Å². The van der Waals surface area contributed by atoms with Crippen molar-refractivity contribution in [3.05, 3.63) is 96.8 Å². The number of halogens is 2. The van der Waals surface area contributed by atoms with E-state index in [2.05, 4.69) is 103 Å². The van der Waals surface area contributed by atoms with Gasteiger partial charge in [-0.3, -0.25) is 0 Å². The summed E-state index contributed by atoms with van der Waals surface area (Å²) >= 11 is 12.1. The van der Waals surface area contributed by atoms with Crippen LogP contribution in [-0.2, 0) is 104 Å². The number of ether oxygens (including phenoxy) is 22. The summed E-state index contributed by atoms with van der Waals surface area (Å²) in [6, 6.07) is 14.3. The van der Waals surface area contributed by atoms with E-state index in [9.17, 15) is 10.2 Å². The summed E-state index contributed by atoms with van der Waals surface area (Å²) in [5, 5.41) is 66.3. The van der Waals surface area contributed by atoms with Crippen molar-refractivity contribution in [3.8, 4) is 0 Å². The van der Waals surface area contributed by atoms with Crippen molar-refractivity contribution in [2.75, 3.05) is 41.2 Å². The fourth-order valence-electron chi connectivity index (χ4n) is 15.5. The molecule has 0 spiro atoms. The van der Waals surface area contributed by atoms with Gasteiger partial charge in [-0.2, -0.15) is 11.1 Å². The average Bonchev–Trinajstić information content (AvgIpc) is 1.59. The van der Waals surface area contributed by atoms with Crippen LogP contribution in [0.5, 0.6) is 0 Å². The second-order valence-corrected chi connectivity index (χ2v) is 43.8. The third kappa shape index (κ3) is 26.6. The summed E-state index contributed by atoms with van der Waals surface area (Å²) in [4.78, 5) is 19.8. The summed E-state index contributed by atoms with van der Waals surface area (Å²) in [5.74, 6) is -2.98. The highest BCUT2D eigenvalue weighted by atomic mass is 35.6. The molecule has 0 radical (unpaired) electrons. The SMILES string of the molecule is C.C=C1OC(OC)[C@@H]2OC(C)(C)O[C@H]12.CC(C)(C)[Si](C)(C)Cl.CC1(C)O[C@@H]2[C@H](CO)OC(O)[C@@H]2O1.CC[C@@H]1OC(O)[C@@H]2OC(C)(C)O[C@H]12.CC[C@@H]1O[C@@H](n2ccc3c(C)ncnc32)[C@@H]2OC(C)(C)O[C@@H]21.CC[C@@H]1O[C@H](Cl)[C@@H]2OC(C)(C)O[C@@H]21.COC1O[C@@H](CO)[C@@H](O)[C@H]1O.COC1O[C@@H](CO)[C@H]2OC(C)(C)O[C@@H]12.Cc1ccccc1.Cc1ncnc2[nH]ccc12. The summed E-state index contributed by atoms with van der Waals surface area (Å²) in [6.07, 6.45) is -0.110. The minimum absolute atomic E-state index is 0. The summed E-state index contributed by atoms with van der Waals surface area (Å²) in [5.41, 5.74) is 4.73. The molecule has 13 saturated heterocycles. The van der Waals surface area contributed by atoms with Gasteiger partial charge in [-0.25, -0.2) is 19.9 Å². The summed E-state index contributed by atoms with van der Waals surface area (Å²) in [6.45, 7) is 48.7. The molecule has 0 saturated carbocycles. The van der Waals surface area contributed by atoms with Crippen LogP contribution in [0.3, 0.4) is 0 Å². The lowest BCUT2D eigenvalue weighted by Crippen LogP contribution is -2.34. The maximum Gasteiger partial charge on any atom is 0.228 e. The van der Waals surface area contributed by atoms with Crippen LogP contribution in [0, 0.1) is 20.8 Å². The van der Waals surface area contributed by atoms with Gasteiger partial charge in [0.05, 0.1) is 49.5 Å². The number of H-pyrrole nitrogens is 1. The molecule has 5 aromatic rings. The van der Waals surface area contributed by atoms with Crippen molar-refractivity contribution in [2.45, 2.75) is 390 Å².